The molecule has 0 aliphatic carbocycles. The van der Waals surface area contributed by atoms with Crippen LogP contribution in [0.25, 0.3) is 5.69 Å². The van der Waals surface area contributed by atoms with E-state index in [1.54, 1.807) is 13.0 Å². The molecule has 1 N–H and O–H groups in total. The first-order valence-electron chi connectivity index (χ1n) is 7.91. The van der Waals surface area contributed by atoms with Crippen molar-refractivity contribution in [2.24, 2.45) is 0 Å². The maximum atomic E-state index is 12.0. The summed E-state index contributed by atoms with van der Waals surface area (Å²) in [6.45, 7) is 5.90. The molecule has 8 heteroatoms. The molecule has 1 amide bonds. The molecule has 0 aliphatic heterocycles. The fourth-order valence-corrected chi connectivity index (χ4v) is 2.86. The standard InChI is InChI=1S/C17H19N5O2S/c1-11(2)16-19-17(20-22(16)13-7-5-4-6-8-13)25-10-15(23)18-14-9-12(3)24-21-14/h4-9,11H,10H2,1-3H3,(H,18,21,23). The molecule has 0 fully saturated rings. The van der Waals surface area contributed by atoms with Crippen LogP contribution >= 0.6 is 11.8 Å². The second-order valence-corrected chi connectivity index (χ2v) is 6.76. The Morgan fingerprint density at radius 1 is 1.32 bits per heavy atom. The Morgan fingerprint density at radius 3 is 2.72 bits per heavy atom. The Hall–Kier alpha value is -2.61. The van der Waals surface area contributed by atoms with Crippen LogP contribution in [0.3, 0.4) is 0 Å². The van der Waals surface area contributed by atoms with Crippen molar-refractivity contribution in [3.05, 3.63) is 48.0 Å². The summed E-state index contributed by atoms with van der Waals surface area (Å²) in [6.07, 6.45) is 0. The molecule has 130 valence electrons. The smallest absolute Gasteiger partial charge is 0.236 e. The van der Waals surface area contributed by atoms with E-state index in [1.807, 2.05) is 35.0 Å². The van der Waals surface area contributed by atoms with Gasteiger partial charge < -0.3 is 9.84 Å². The molecule has 0 radical (unpaired) electrons. The van der Waals surface area contributed by atoms with E-state index in [0.717, 1.165) is 11.5 Å². The van der Waals surface area contributed by atoms with Gasteiger partial charge >= 0.3 is 0 Å². The molecule has 0 unspecified atom stereocenters. The van der Waals surface area contributed by atoms with E-state index in [9.17, 15) is 4.79 Å². The minimum absolute atomic E-state index is 0.180. The van der Waals surface area contributed by atoms with Crippen LogP contribution in [0.1, 0.15) is 31.4 Å². The number of aromatic nitrogens is 4. The van der Waals surface area contributed by atoms with Gasteiger partial charge in [0, 0.05) is 12.0 Å². The predicted molar refractivity (Wildman–Crippen MR) is 96.0 cm³/mol. The highest BCUT2D eigenvalue weighted by Gasteiger charge is 2.16. The number of benzene rings is 1. The molecule has 0 atom stereocenters. The zero-order valence-corrected chi connectivity index (χ0v) is 15.1. The predicted octanol–water partition coefficient (Wildman–Crippen LogP) is 3.42. The first-order valence-corrected chi connectivity index (χ1v) is 8.90. The fourth-order valence-electron chi connectivity index (χ4n) is 2.23. The second-order valence-electron chi connectivity index (χ2n) is 5.81. The van der Waals surface area contributed by atoms with Crippen LogP contribution in [0.5, 0.6) is 0 Å². The number of aryl methyl sites for hydroxylation is 1. The Balaban J connectivity index is 1.69. The van der Waals surface area contributed by atoms with Crippen LogP contribution in [-0.2, 0) is 4.79 Å². The molecular formula is C17H19N5O2S. The van der Waals surface area contributed by atoms with Gasteiger partial charge in [-0.05, 0) is 19.1 Å². The van der Waals surface area contributed by atoms with Gasteiger partial charge in [0.2, 0.25) is 11.1 Å². The quantitative estimate of drug-likeness (QED) is 0.680. The van der Waals surface area contributed by atoms with Crippen LogP contribution in [0.4, 0.5) is 5.82 Å². The van der Waals surface area contributed by atoms with Gasteiger partial charge in [-0.2, -0.15) is 0 Å². The highest BCUT2D eigenvalue weighted by atomic mass is 32.2. The molecule has 0 bridgehead atoms. The third-order valence-corrected chi connectivity index (χ3v) is 4.20. The number of nitrogens with zero attached hydrogens (tertiary/aromatic N) is 4. The molecular weight excluding hydrogens is 338 g/mol. The van der Waals surface area contributed by atoms with E-state index in [0.29, 0.717) is 16.7 Å². The summed E-state index contributed by atoms with van der Waals surface area (Å²) < 4.78 is 6.75. The van der Waals surface area contributed by atoms with Crippen LogP contribution in [-0.4, -0.2) is 31.6 Å². The highest BCUT2D eigenvalue weighted by molar-refractivity contribution is 7.99. The first kappa shape index (κ1) is 17.2. The van der Waals surface area contributed by atoms with Gasteiger partial charge in [0.15, 0.2) is 5.82 Å². The number of hydrogen-bond acceptors (Lipinski definition) is 6. The Bertz CT molecular complexity index is 857. The molecule has 0 spiro atoms. The highest BCUT2D eigenvalue weighted by Crippen LogP contribution is 2.22. The van der Waals surface area contributed by atoms with E-state index in [2.05, 4.69) is 34.4 Å². The SMILES string of the molecule is Cc1cc(NC(=O)CSc2nc(C(C)C)n(-c3ccccc3)n2)no1. The lowest BCUT2D eigenvalue weighted by Crippen LogP contribution is -2.14. The van der Waals surface area contributed by atoms with Gasteiger partial charge in [-0.15, -0.1) is 5.10 Å². The van der Waals surface area contributed by atoms with Crippen molar-refractivity contribution in [2.75, 3.05) is 11.1 Å². The molecule has 0 aliphatic rings. The van der Waals surface area contributed by atoms with E-state index in [-0.39, 0.29) is 17.6 Å². The van der Waals surface area contributed by atoms with Crippen molar-refractivity contribution >= 4 is 23.5 Å². The lowest BCUT2D eigenvalue weighted by molar-refractivity contribution is -0.113. The van der Waals surface area contributed by atoms with Gasteiger partial charge in [-0.3, -0.25) is 4.79 Å². The van der Waals surface area contributed by atoms with E-state index < -0.39 is 0 Å². The second kappa shape index (κ2) is 7.52. The summed E-state index contributed by atoms with van der Waals surface area (Å²) in [5.74, 6) is 2.15. The number of thioether (sulfide) groups is 1. The molecule has 2 heterocycles. The molecule has 25 heavy (non-hydrogen) atoms. The van der Waals surface area contributed by atoms with Gasteiger partial charge in [0.05, 0.1) is 11.4 Å². The number of hydrogen-bond donors (Lipinski definition) is 1. The number of rotatable bonds is 6. The zero-order chi connectivity index (χ0) is 17.8. The summed E-state index contributed by atoms with van der Waals surface area (Å²) in [5.41, 5.74) is 0.952. The van der Waals surface area contributed by atoms with E-state index in [1.165, 1.54) is 11.8 Å². The normalized spacial score (nSPS) is 11.0. The van der Waals surface area contributed by atoms with Crippen LogP contribution < -0.4 is 5.32 Å². The minimum Gasteiger partial charge on any atom is -0.360 e. The van der Waals surface area contributed by atoms with Gasteiger partial charge in [-0.25, -0.2) is 9.67 Å². The lowest BCUT2D eigenvalue weighted by atomic mass is 10.2. The maximum absolute atomic E-state index is 12.0. The topological polar surface area (TPSA) is 85.8 Å². The number of para-hydroxylation sites is 1. The largest absolute Gasteiger partial charge is 0.360 e. The average Bonchev–Trinajstić information content (AvgIpc) is 3.20. The molecule has 0 saturated heterocycles. The molecule has 2 aromatic heterocycles. The van der Waals surface area contributed by atoms with E-state index in [4.69, 9.17) is 4.52 Å². The van der Waals surface area contributed by atoms with Crippen molar-refractivity contribution in [2.45, 2.75) is 31.8 Å². The first-order chi connectivity index (χ1) is 12.0. The van der Waals surface area contributed by atoms with Gasteiger partial charge in [0.25, 0.3) is 0 Å². The Kier molecular flexibility index (Phi) is 5.18. The van der Waals surface area contributed by atoms with Crippen LogP contribution in [0.15, 0.2) is 46.1 Å². The third-order valence-electron chi connectivity index (χ3n) is 3.36. The van der Waals surface area contributed by atoms with Crippen LogP contribution in [0, 0.1) is 6.92 Å². The Labute approximate surface area is 149 Å². The van der Waals surface area contributed by atoms with Crippen molar-refractivity contribution in [3.8, 4) is 5.69 Å². The number of carbonyl (C=O) groups is 1. The Morgan fingerprint density at radius 2 is 2.08 bits per heavy atom. The zero-order valence-electron chi connectivity index (χ0n) is 14.3. The van der Waals surface area contributed by atoms with Crippen molar-refractivity contribution in [1.29, 1.82) is 0 Å². The molecule has 7 nitrogen and oxygen atoms in total. The molecule has 0 saturated carbocycles. The van der Waals surface area contributed by atoms with Gasteiger partial charge in [0.1, 0.15) is 11.6 Å². The van der Waals surface area contributed by atoms with Crippen molar-refractivity contribution in [1.82, 2.24) is 19.9 Å². The minimum atomic E-state index is -0.180. The molecule has 3 rings (SSSR count). The fraction of sp³-hybridized carbons (Fsp3) is 0.294. The lowest BCUT2D eigenvalue weighted by Gasteiger charge is -2.07. The summed E-state index contributed by atoms with van der Waals surface area (Å²) in [7, 11) is 0. The van der Waals surface area contributed by atoms with Gasteiger partial charge in [-0.1, -0.05) is 49.0 Å². The summed E-state index contributed by atoms with van der Waals surface area (Å²) in [6, 6.07) is 11.5. The number of amides is 1. The number of carbonyl (C=O) groups excluding carboxylic acids is 1. The molecule has 1 aromatic carbocycles. The van der Waals surface area contributed by atoms with E-state index >= 15 is 0 Å². The number of anilines is 1. The third kappa shape index (κ3) is 4.27. The monoisotopic (exact) mass is 357 g/mol. The van der Waals surface area contributed by atoms with Crippen LogP contribution in [0.2, 0.25) is 0 Å². The summed E-state index contributed by atoms with van der Waals surface area (Å²) in [5, 5.41) is 11.5. The van der Waals surface area contributed by atoms with Crippen molar-refractivity contribution in [3.63, 3.8) is 0 Å². The maximum Gasteiger partial charge on any atom is 0.236 e. The van der Waals surface area contributed by atoms with Crippen molar-refractivity contribution < 1.29 is 9.32 Å². The summed E-state index contributed by atoms with van der Waals surface area (Å²) in [4.78, 5) is 16.6. The average molecular weight is 357 g/mol. The molecule has 3 aromatic rings. The summed E-state index contributed by atoms with van der Waals surface area (Å²) >= 11 is 1.29. The number of nitrogens with one attached hydrogen (secondary N) is 1.